The molecule has 6 nitrogen and oxygen atoms in total. The molecule has 6 rings (SSSR count). The predicted octanol–water partition coefficient (Wildman–Crippen LogP) is 7.47. The van der Waals surface area contributed by atoms with Crippen molar-refractivity contribution in [1.82, 2.24) is 10.3 Å². The van der Waals surface area contributed by atoms with Crippen LogP contribution in [0.4, 0.5) is 5.69 Å². The number of hydrogen-bond donors (Lipinski definition) is 2. The van der Waals surface area contributed by atoms with Crippen molar-refractivity contribution in [3.63, 3.8) is 0 Å². The maximum absolute atomic E-state index is 14.4. The van der Waals surface area contributed by atoms with E-state index in [2.05, 4.69) is 22.4 Å². The Labute approximate surface area is 245 Å². The van der Waals surface area contributed by atoms with Crippen LogP contribution in [0.3, 0.4) is 0 Å². The van der Waals surface area contributed by atoms with Crippen molar-refractivity contribution in [3.8, 4) is 11.3 Å². The van der Waals surface area contributed by atoms with Crippen molar-refractivity contribution in [3.05, 3.63) is 100 Å². The van der Waals surface area contributed by atoms with Crippen molar-refractivity contribution in [2.75, 3.05) is 18.1 Å². The Morgan fingerprint density at radius 3 is 2.41 bits per heavy atom. The second-order valence-electron chi connectivity index (χ2n) is 11.1. The highest BCUT2D eigenvalue weighted by Crippen LogP contribution is 2.36. The Morgan fingerprint density at radius 2 is 1.71 bits per heavy atom. The van der Waals surface area contributed by atoms with Gasteiger partial charge in [0.05, 0.1) is 6.10 Å². The van der Waals surface area contributed by atoms with Crippen LogP contribution in [0.2, 0.25) is 0 Å². The van der Waals surface area contributed by atoms with Gasteiger partial charge in [-0.05, 0) is 78.4 Å². The molecule has 212 valence electrons. The van der Waals surface area contributed by atoms with Gasteiger partial charge in [-0.15, -0.1) is 11.3 Å². The van der Waals surface area contributed by atoms with E-state index in [0.717, 1.165) is 35.6 Å². The third-order valence-electron chi connectivity index (χ3n) is 8.32. The first-order chi connectivity index (χ1) is 20.2. The summed E-state index contributed by atoms with van der Waals surface area (Å²) in [5.74, 6) is 0.104. The largest absolute Gasteiger partial charge is 0.376 e. The number of ether oxygens (including phenoxy) is 1. The zero-order valence-corrected chi connectivity index (χ0v) is 24.1. The van der Waals surface area contributed by atoms with Gasteiger partial charge in [-0.3, -0.25) is 14.5 Å². The molecule has 2 fully saturated rings. The van der Waals surface area contributed by atoms with Crippen molar-refractivity contribution < 1.29 is 14.3 Å². The first-order valence-electron chi connectivity index (χ1n) is 14.8. The smallest absolute Gasteiger partial charge is 0.275 e. The number of amides is 2. The van der Waals surface area contributed by atoms with Gasteiger partial charge in [-0.25, -0.2) is 0 Å². The van der Waals surface area contributed by atoms with Gasteiger partial charge < -0.3 is 15.0 Å². The Morgan fingerprint density at radius 1 is 0.902 bits per heavy atom. The SMILES string of the molecule is O=C(NC[C@@H]1CCCO1)[C@@H](c1cccs1)N(C(=O)c1ccc(-c2ccccc2)[nH]1)c1ccc(C2CCCCC2)cc1. The molecule has 2 aromatic heterocycles. The quantitative estimate of drug-likeness (QED) is 0.220. The number of hydrogen-bond acceptors (Lipinski definition) is 4. The topological polar surface area (TPSA) is 74.4 Å². The van der Waals surface area contributed by atoms with Gasteiger partial charge >= 0.3 is 0 Å². The predicted molar refractivity (Wildman–Crippen MR) is 164 cm³/mol. The molecule has 3 heterocycles. The van der Waals surface area contributed by atoms with Gasteiger partial charge in [0, 0.05) is 29.4 Å². The standard InChI is InChI=1S/C34H37N3O3S/c38-33(35-23-28-13-7-21-40-28)32(31-14-8-22-41-31)37(27-17-15-25(16-18-27)24-9-3-1-4-10-24)34(39)30-20-19-29(36-30)26-11-5-2-6-12-26/h2,5-6,8,11-12,14-20,22,24,28,32,36H,1,3-4,7,9-10,13,21,23H2,(H,35,38)/t28-,32+/m0/s1. The number of rotatable bonds is 9. The van der Waals surface area contributed by atoms with Crippen LogP contribution in [0.1, 0.15) is 77.8 Å². The molecule has 7 heteroatoms. The van der Waals surface area contributed by atoms with Gasteiger partial charge in [-0.1, -0.05) is 67.8 Å². The minimum Gasteiger partial charge on any atom is -0.376 e. The number of carbonyl (C=O) groups excluding carboxylic acids is 2. The summed E-state index contributed by atoms with van der Waals surface area (Å²) in [6, 6.07) is 25.0. The lowest BCUT2D eigenvalue weighted by atomic mass is 9.84. The molecule has 2 N–H and O–H groups in total. The second kappa shape index (κ2) is 12.9. The normalized spacial score (nSPS) is 18.2. The molecule has 2 atom stereocenters. The maximum atomic E-state index is 14.4. The number of nitrogens with one attached hydrogen (secondary N) is 2. The Balaban J connectivity index is 1.35. The molecule has 41 heavy (non-hydrogen) atoms. The summed E-state index contributed by atoms with van der Waals surface area (Å²) in [4.78, 5) is 34.1. The fraction of sp³-hybridized carbons (Fsp3) is 0.353. The van der Waals surface area contributed by atoms with Crippen LogP contribution in [-0.4, -0.2) is 36.1 Å². The minimum atomic E-state index is -0.812. The summed E-state index contributed by atoms with van der Waals surface area (Å²) in [7, 11) is 0. The van der Waals surface area contributed by atoms with Gasteiger partial charge in [0.25, 0.3) is 5.91 Å². The first-order valence-corrected chi connectivity index (χ1v) is 15.7. The van der Waals surface area contributed by atoms with Crippen molar-refractivity contribution in [1.29, 1.82) is 0 Å². The van der Waals surface area contributed by atoms with Crippen LogP contribution < -0.4 is 10.2 Å². The molecule has 2 aliphatic rings. The van der Waals surface area contributed by atoms with Gasteiger partial charge in [0.2, 0.25) is 5.91 Å². The Kier molecular flexibility index (Phi) is 8.63. The number of benzene rings is 2. The van der Waals surface area contributed by atoms with Gasteiger partial charge in [0.1, 0.15) is 5.69 Å². The van der Waals surface area contributed by atoms with Crippen LogP contribution >= 0.6 is 11.3 Å². The molecule has 0 bridgehead atoms. The average molecular weight is 568 g/mol. The Bertz CT molecular complexity index is 1420. The van der Waals surface area contributed by atoms with Crippen LogP contribution in [-0.2, 0) is 9.53 Å². The number of nitrogens with zero attached hydrogens (tertiary/aromatic N) is 1. The number of carbonyl (C=O) groups is 2. The van der Waals surface area contributed by atoms with Crippen molar-refractivity contribution in [2.24, 2.45) is 0 Å². The molecule has 2 aromatic carbocycles. The molecule has 0 unspecified atom stereocenters. The monoisotopic (exact) mass is 567 g/mol. The number of aromatic nitrogens is 1. The lowest BCUT2D eigenvalue weighted by Gasteiger charge is -2.31. The highest BCUT2D eigenvalue weighted by molar-refractivity contribution is 7.10. The van der Waals surface area contributed by atoms with E-state index in [9.17, 15) is 9.59 Å². The Hall–Kier alpha value is -3.68. The van der Waals surface area contributed by atoms with E-state index in [-0.39, 0.29) is 17.9 Å². The molecular weight excluding hydrogens is 530 g/mol. The van der Waals surface area contributed by atoms with Crippen LogP contribution in [0.5, 0.6) is 0 Å². The fourth-order valence-corrected chi connectivity index (χ4v) is 6.91. The number of anilines is 1. The zero-order valence-electron chi connectivity index (χ0n) is 23.3. The van der Waals surface area contributed by atoms with E-state index < -0.39 is 6.04 Å². The molecule has 2 amide bonds. The van der Waals surface area contributed by atoms with Crippen molar-refractivity contribution >= 4 is 28.8 Å². The third-order valence-corrected chi connectivity index (χ3v) is 9.24. The van der Waals surface area contributed by atoms with Gasteiger partial charge in [-0.2, -0.15) is 0 Å². The van der Waals surface area contributed by atoms with E-state index in [1.54, 1.807) is 4.90 Å². The summed E-state index contributed by atoms with van der Waals surface area (Å²) >= 11 is 1.48. The second-order valence-corrected chi connectivity index (χ2v) is 12.0. The molecule has 1 saturated carbocycles. The zero-order chi connectivity index (χ0) is 28.0. The van der Waals surface area contributed by atoms with Crippen LogP contribution in [0, 0.1) is 0 Å². The van der Waals surface area contributed by atoms with E-state index in [1.165, 1.54) is 49.0 Å². The maximum Gasteiger partial charge on any atom is 0.275 e. The van der Waals surface area contributed by atoms with E-state index in [4.69, 9.17) is 4.74 Å². The third kappa shape index (κ3) is 6.31. The number of aromatic amines is 1. The fourth-order valence-electron chi connectivity index (χ4n) is 6.10. The van der Waals surface area contributed by atoms with Gasteiger partial charge in [0.15, 0.2) is 6.04 Å². The molecule has 1 saturated heterocycles. The minimum absolute atomic E-state index is 0.0127. The lowest BCUT2D eigenvalue weighted by molar-refractivity contribution is -0.122. The molecule has 4 aromatic rings. The van der Waals surface area contributed by atoms with E-state index in [0.29, 0.717) is 23.8 Å². The summed E-state index contributed by atoms with van der Waals surface area (Å²) < 4.78 is 5.75. The first kappa shape index (κ1) is 27.5. The summed E-state index contributed by atoms with van der Waals surface area (Å²) in [5.41, 5.74) is 4.31. The number of thiophene rings is 1. The molecule has 0 radical (unpaired) electrons. The summed E-state index contributed by atoms with van der Waals surface area (Å²) in [6.07, 6.45) is 8.19. The highest BCUT2D eigenvalue weighted by Gasteiger charge is 2.35. The van der Waals surface area contributed by atoms with E-state index in [1.807, 2.05) is 72.1 Å². The lowest BCUT2D eigenvalue weighted by Crippen LogP contribution is -2.45. The van der Waals surface area contributed by atoms with Crippen molar-refractivity contribution in [2.45, 2.75) is 63.0 Å². The highest BCUT2D eigenvalue weighted by atomic mass is 32.1. The molecule has 1 aliphatic carbocycles. The summed E-state index contributed by atoms with van der Waals surface area (Å²) in [5, 5.41) is 5.05. The van der Waals surface area contributed by atoms with Crippen LogP contribution in [0.15, 0.2) is 84.2 Å². The molecule has 0 spiro atoms. The summed E-state index contributed by atoms with van der Waals surface area (Å²) in [6.45, 7) is 1.16. The molecular formula is C34H37N3O3S. The number of H-pyrrole nitrogens is 1. The van der Waals surface area contributed by atoms with Crippen LogP contribution in [0.25, 0.3) is 11.3 Å². The molecule has 1 aliphatic heterocycles. The van der Waals surface area contributed by atoms with E-state index >= 15 is 0 Å². The average Bonchev–Trinajstić information content (AvgIpc) is 3.83.